The summed E-state index contributed by atoms with van der Waals surface area (Å²) in [5.41, 5.74) is 7.87. The molecule has 2 aromatic carbocycles. The average Bonchev–Trinajstić information content (AvgIpc) is 2.72. The number of rotatable bonds is 3. The topological polar surface area (TPSA) is 63.4 Å². The first-order valence-electron chi connectivity index (χ1n) is 6.43. The molecule has 0 aliphatic carbocycles. The van der Waals surface area contributed by atoms with Gasteiger partial charge in [-0.25, -0.2) is 4.90 Å². The summed E-state index contributed by atoms with van der Waals surface area (Å²) >= 11 is 4.86. The van der Waals surface area contributed by atoms with E-state index >= 15 is 0 Å². The molecule has 1 aliphatic rings. The molecule has 0 saturated heterocycles. The first-order chi connectivity index (χ1) is 10.1. The van der Waals surface area contributed by atoms with Crippen LogP contribution in [0, 0.1) is 0 Å². The standard InChI is InChI=1S/C16H12N2O2S/c17-14(21)9-10-5-7-11(8-6-10)18-15(19)12-3-1-2-4-13(12)16(18)20/h1-8H,9H2,(H2,17,21). The zero-order valence-corrected chi connectivity index (χ0v) is 11.9. The second-order valence-corrected chi connectivity index (χ2v) is 5.33. The molecule has 5 heteroatoms. The van der Waals surface area contributed by atoms with Crippen LogP contribution in [0.25, 0.3) is 0 Å². The molecule has 0 atom stereocenters. The maximum atomic E-state index is 12.3. The molecule has 3 rings (SSSR count). The number of amides is 2. The van der Waals surface area contributed by atoms with E-state index in [2.05, 4.69) is 0 Å². The van der Waals surface area contributed by atoms with Gasteiger partial charge >= 0.3 is 0 Å². The largest absolute Gasteiger partial charge is 0.393 e. The van der Waals surface area contributed by atoms with Gasteiger partial charge in [-0.1, -0.05) is 36.5 Å². The lowest BCUT2D eigenvalue weighted by molar-refractivity contribution is 0.0926. The molecule has 21 heavy (non-hydrogen) atoms. The van der Waals surface area contributed by atoms with Crippen LogP contribution in [0.2, 0.25) is 0 Å². The lowest BCUT2D eigenvalue weighted by Crippen LogP contribution is -2.29. The van der Waals surface area contributed by atoms with Crippen molar-refractivity contribution in [1.82, 2.24) is 0 Å². The number of imide groups is 1. The second-order valence-electron chi connectivity index (χ2n) is 4.80. The lowest BCUT2D eigenvalue weighted by atomic mass is 10.1. The molecule has 0 unspecified atom stereocenters. The fraction of sp³-hybridized carbons (Fsp3) is 0.0625. The molecular formula is C16H12N2O2S. The molecule has 2 amide bonds. The van der Waals surface area contributed by atoms with Crippen molar-refractivity contribution in [3.63, 3.8) is 0 Å². The van der Waals surface area contributed by atoms with Crippen molar-refractivity contribution in [3.05, 3.63) is 65.2 Å². The molecule has 0 radical (unpaired) electrons. The Morgan fingerprint density at radius 2 is 1.48 bits per heavy atom. The monoisotopic (exact) mass is 296 g/mol. The fourth-order valence-electron chi connectivity index (χ4n) is 2.39. The number of benzene rings is 2. The van der Waals surface area contributed by atoms with Crippen molar-refractivity contribution in [3.8, 4) is 0 Å². The minimum Gasteiger partial charge on any atom is -0.393 e. The van der Waals surface area contributed by atoms with Gasteiger partial charge < -0.3 is 5.73 Å². The Bertz CT molecular complexity index is 718. The first kappa shape index (κ1) is 13.5. The van der Waals surface area contributed by atoms with E-state index in [1.54, 1.807) is 36.4 Å². The molecule has 0 aromatic heterocycles. The number of carbonyl (C=O) groups is 2. The molecule has 0 spiro atoms. The number of hydrogen-bond donors (Lipinski definition) is 1. The molecule has 2 aromatic rings. The third-order valence-corrected chi connectivity index (χ3v) is 3.51. The molecule has 1 heterocycles. The van der Waals surface area contributed by atoms with Crippen LogP contribution in [0.15, 0.2) is 48.5 Å². The summed E-state index contributed by atoms with van der Waals surface area (Å²) in [6.45, 7) is 0. The number of fused-ring (bicyclic) bond motifs is 1. The summed E-state index contributed by atoms with van der Waals surface area (Å²) in [4.78, 5) is 26.3. The van der Waals surface area contributed by atoms with E-state index in [1.807, 2.05) is 12.1 Å². The molecule has 0 fully saturated rings. The number of carbonyl (C=O) groups excluding carboxylic acids is 2. The Balaban J connectivity index is 1.94. The van der Waals surface area contributed by atoms with E-state index in [-0.39, 0.29) is 11.8 Å². The van der Waals surface area contributed by atoms with Crippen LogP contribution < -0.4 is 10.6 Å². The first-order valence-corrected chi connectivity index (χ1v) is 6.84. The third-order valence-electron chi connectivity index (χ3n) is 3.37. The van der Waals surface area contributed by atoms with E-state index < -0.39 is 0 Å². The number of thiocarbonyl (C=S) groups is 1. The van der Waals surface area contributed by atoms with Gasteiger partial charge in [0.05, 0.1) is 21.8 Å². The van der Waals surface area contributed by atoms with Crippen molar-refractivity contribution in [2.24, 2.45) is 5.73 Å². The summed E-state index contributed by atoms with van der Waals surface area (Å²) in [5, 5.41) is 0. The van der Waals surface area contributed by atoms with E-state index in [4.69, 9.17) is 18.0 Å². The average molecular weight is 296 g/mol. The van der Waals surface area contributed by atoms with E-state index in [1.165, 1.54) is 4.90 Å². The SMILES string of the molecule is NC(=S)Cc1ccc(N2C(=O)c3ccccc3C2=O)cc1. The Labute approximate surface area is 127 Å². The van der Waals surface area contributed by atoms with Gasteiger partial charge in [0.1, 0.15) is 0 Å². The lowest BCUT2D eigenvalue weighted by Gasteiger charge is -2.14. The third kappa shape index (κ3) is 2.32. The number of nitrogens with two attached hydrogens (primary N) is 1. The van der Waals surface area contributed by atoms with Gasteiger partial charge in [-0.15, -0.1) is 0 Å². The van der Waals surface area contributed by atoms with Crippen LogP contribution in [-0.4, -0.2) is 16.8 Å². The fourth-order valence-corrected chi connectivity index (χ4v) is 2.55. The molecular weight excluding hydrogens is 284 g/mol. The van der Waals surface area contributed by atoms with Crippen LogP contribution in [-0.2, 0) is 6.42 Å². The summed E-state index contributed by atoms with van der Waals surface area (Å²) in [7, 11) is 0. The zero-order chi connectivity index (χ0) is 15.0. The van der Waals surface area contributed by atoms with Gasteiger partial charge in [0.15, 0.2) is 0 Å². The van der Waals surface area contributed by atoms with Gasteiger partial charge in [-0.3, -0.25) is 9.59 Å². The highest BCUT2D eigenvalue weighted by atomic mass is 32.1. The molecule has 104 valence electrons. The van der Waals surface area contributed by atoms with Crippen molar-refractivity contribution in [2.45, 2.75) is 6.42 Å². The van der Waals surface area contributed by atoms with Gasteiger partial charge in [0, 0.05) is 6.42 Å². The van der Waals surface area contributed by atoms with Gasteiger partial charge in [-0.2, -0.15) is 0 Å². The quantitative estimate of drug-likeness (QED) is 0.697. The summed E-state index contributed by atoms with van der Waals surface area (Å²) in [6.07, 6.45) is 0.498. The predicted octanol–water partition coefficient (Wildman–Crippen LogP) is 2.32. The van der Waals surface area contributed by atoms with Crippen LogP contribution in [0.5, 0.6) is 0 Å². The summed E-state index contributed by atoms with van der Waals surface area (Å²) < 4.78 is 0. The Kier molecular flexibility index (Phi) is 3.27. The van der Waals surface area contributed by atoms with Crippen molar-refractivity contribution < 1.29 is 9.59 Å². The van der Waals surface area contributed by atoms with Crippen LogP contribution in [0.1, 0.15) is 26.3 Å². The summed E-state index contributed by atoms with van der Waals surface area (Å²) in [5.74, 6) is -0.588. The zero-order valence-electron chi connectivity index (χ0n) is 11.1. The van der Waals surface area contributed by atoms with Gasteiger partial charge in [-0.05, 0) is 29.8 Å². The highest BCUT2D eigenvalue weighted by molar-refractivity contribution is 7.80. The Morgan fingerprint density at radius 3 is 1.95 bits per heavy atom. The van der Waals surface area contributed by atoms with Crippen molar-refractivity contribution in [2.75, 3.05) is 4.90 Å². The molecule has 4 nitrogen and oxygen atoms in total. The highest BCUT2D eigenvalue weighted by Gasteiger charge is 2.36. The Morgan fingerprint density at radius 1 is 0.952 bits per heavy atom. The normalized spacial score (nSPS) is 13.4. The summed E-state index contributed by atoms with van der Waals surface area (Å²) in [6, 6.07) is 13.9. The maximum absolute atomic E-state index is 12.3. The Hall–Kier alpha value is -2.53. The van der Waals surface area contributed by atoms with Crippen molar-refractivity contribution >= 4 is 34.7 Å². The highest BCUT2D eigenvalue weighted by Crippen LogP contribution is 2.28. The van der Waals surface area contributed by atoms with Crippen LogP contribution >= 0.6 is 12.2 Å². The van der Waals surface area contributed by atoms with Crippen molar-refractivity contribution in [1.29, 1.82) is 0 Å². The predicted molar refractivity (Wildman–Crippen MR) is 84.5 cm³/mol. The number of anilines is 1. The smallest absolute Gasteiger partial charge is 0.266 e. The van der Waals surface area contributed by atoms with Gasteiger partial charge in [0.25, 0.3) is 11.8 Å². The van der Waals surface area contributed by atoms with E-state index in [0.717, 1.165) is 5.56 Å². The minimum atomic E-state index is -0.294. The second kappa shape index (κ2) is 5.10. The molecule has 0 saturated carbocycles. The molecule has 1 aliphatic heterocycles. The van der Waals surface area contributed by atoms with Gasteiger partial charge in [0.2, 0.25) is 0 Å². The van der Waals surface area contributed by atoms with Crippen LogP contribution in [0.4, 0.5) is 5.69 Å². The maximum Gasteiger partial charge on any atom is 0.266 e. The minimum absolute atomic E-state index is 0.294. The number of nitrogens with zero attached hydrogens (tertiary/aromatic N) is 1. The molecule has 0 bridgehead atoms. The molecule has 2 N–H and O–H groups in total. The van der Waals surface area contributed by atoms with Crippen LogP contribution in [0.3, 0.4) is 0 Å². The van der Waals surface area contributed by atoms with E-state index in [0.29, 0.717) is 28.2 Å². The number of hydrogen-bond acceptors (Lipinski definition) is 3. The van der Waals surface area contributed by atoms with E-state index in [9.17, 15) is 9.59 Å².